The summed E-state index contributed by atoms with van der Waals surface area (Å²) in [5.41, 5.74) is 1.16. The SMILES string of the molecule is O=C(O)c1ccc(C(=O)N2CCC(Nc3ccc(F)cc3)CC2)cn1. The van der Waals surface area contributed by atoms with Gasteiger partial charge in [-0.2, -0.15) is 0 Å². The van der Waals surface area contributed by atoms with E-state index in [4.69, 9.17) is 5.11 Å². The molecule has 0 spiro atoms. The largest absolute Gasteiger partial charge is 0.477 e. The van der Waals surface area contributed by atoms with Crippen molar-refractivity contribution in [3.63, 3.8) is 0 Å². The van der Waals surface area contributed by atoms with Gasteiger partial charge in [-0.15, -0.1) is 0 Å². The van der Waals surface area contributed by atoms with Crippen molar-refractivity contribution in [3.8, 4) is 0 Å². The maximum atomic E-state index is 12.9. The Balaban J connectivity index is 1.55. The van der Waals surface area contributed by atoms with Gasteiger partial charge in [0.05, 0.1) is 5.56 Å². The van der Waals surface area contributed by atoms with Gasteiger partial charge >= 0.3 is 5.97 Å². The van der Waals surface area contributed by atoms with E-state index < -0.39 is 5.97 Å². The Hall–Kier alpha value is -2.96. The molecular formula is C18H18FN3O3. The number of nitrogens with one attached hydrogen (secondary N) is 1. The third kappa shape index (κ3) is 4.12. The number of rotatable bonds is 4. The topological polar surface area (TPSA) is 82.5 Å². The summed E-state index contributed by atoms with van der Waals surface area (Å²) in [4.78, 5) is 28.8. The van der Waals surface area contributed by atoms with E-state index in [1.165, 1.54) is 30.5 Å². The van der Waals surface area contributed by atoms with Crippen molar-refractivity contribution in [2.75, 3.05) is 18.4 Å². The lowest BCUT2D eigenvalue weighted by atomic mass is 10.0. The number of anilines is 1. The third-order valence-corrected chi connectivity index (χ3v) is 4.23. The van der Waals surface area contributed by atoms with Crippen LogP contribution in [0.4, 0.5) is 10.1 Å². The number of aromatic nitrogens is 1. The zero-order chi connectivity index (χ0) is 17.8. The van der Waals surface area contributed by atoms with Crippen molar-refractivity contribution in [2.24, 2.45) is 0 Å². The Kier molecular flexibility index (Phi) is 4.92. The van der Waals surface area contributed by atoms with Gasteiger partial charge in [0.25, 0.3) is 5.91 Å². The lowest BCUT2D eigenvalue weighted by Gasteiger charge is -2.33. The number of piperidine rings is 1. The summed E-state index contributed by atoms with van der Waals surface area (Å²) in [5.74, 6) is -1.54. The van der Waals surface area contributed by atoms with E-state index in [-0.39, 0.29) is 23.5 Å². The molecule has 2 heterocycles. The molecule has 25 heavy (non-hydrogen) atoms. The fourth-order valence-corrected chi connectivity index (χ4v) is 2.84. The number of carbonyl (C=O) groups excluding carboxylic acids is 1. The van der Waals surface area contributed by atoms with Crippen molar-refractivity contribution in [3.05, 3.63) is 59.7 Å². The first-order chi connectivity index (χ1) is 12.0. The number of halogens is 1. The molecule has 0 unspecified atom stereocenters. The molecule has 1 aromatic carbocycles. The summed E-state index contributed by atoms with van der Waals surface area (Å²) in [6.45, 7) is 1.19. The van der Waals surface area contributed by atoms with Crippen molar-refractivity contribution >= 4 is 17.6 Å². The van der Waals surface area contributed by atoms with Crippen LogP contribution in [0.25, 0.3) is 0 Å². The molecule has 2 N–H and O–H groups in total. The second kappa shape index (κ2) is 7.29. The lowest BCUT2D eigenvalue weighted by molar-refractivity contribution is 0.0683. The highest BCUT2D eigenvalue weighted by Gasteiger charge is 2.24. The number of carboxylic acid groups (broad SMARTS) is 1. The first-order valence-corrected chi connectivity index (χ1v) is 8.03. The number of carbonyl (C=O) groups is 2. The minimum Gasteiger partial charge on any atom is -0.477 e. The molecule has 0 saturated carbocycles. The third-order valence-electron chi connectivity index (χ3n) is 4.23. The summed E-state index contributed by atoms with van der Waals surface area (Å²) >= 11 is 0. The van der Waals surface area contributed by atoms with Crippen LogP contribution >= 0.6 is 0 Å². The molecule has 1 aliphatic rings. The highest BCUT2D eigenvalue weighted by atomic mass is 19.1. The number of carboxylic acids is 1. The van der Waals surface area contributed by atoms with Gasteiger partial charge in [0.15, 0.2) is 0 Å². The molecule has 7 heteroatoms. The Bertz CT molecular complexity index is 754. The molecule has 1 aromatic heterocycles. The summed E-state index contributed by atoms with van der Waals surface area (Å²) in [6, 6.07) is 9.26. The van der Waals surface area contributed by atoms with Crippen LogP contribution in [0.15, 0.2) is 42.6 Å². The molecule has 0 radical (unpaired) electrons. The van der Waals surface area contributed by atoms with Crippen LogP contribution in [0.5, 0.6) is 0 Å². The van der Waals surface area contributed by atoms with Crippen molar-refractivity contribution in [2.45, 2.75) is 18.9 Å². The van der Waals surface area contributed by atoms with E-state index in [1.54, 1.807) is 17.0 Å². The zero-order valence-electron chi connectivity index (χ0n) is 13.5. The maximum absolute atomic E-state index is 12.9. The summed E-state index contributed by atoms with van der Waals surface area (Å²) in [6.07, 6.45) is 2.86. The lowest BCUT2D eigenvalue weighted by Crippen LogP contribution is -2.42. The first-order valence-electron chi connectivity index (χ1n) is 8.03. The second-order valence-corrected chi connectivity index (χ2v) is 5.95. The smallest absolute Gasteiger partial charge is 0.354 e. The number of aromatic carboxylic acids is 1. The number of nitrogens with zero attached hydrogens (tertiary/aromatic N) is 2. The van der Waals surface area contributed by atoms with Crippen LogP contribution < -0.4 is 5.32 Å². The molecule has 1 saturated heterocycles. The quantitative estimate of drug-likeness (QED) is 0.892. The highest BCUT2D eigenvalue weighted by molar-refractivity contribution is 5.95. The number of hydrogen-bond acceptors (Lipinski definition) is 4. The fourth-order valence-electron chi connectivity index (χ4n) is 2.84. The molecule has 0 atom stereocenters. The van der Waals surface area contributed by atoms with Crippen LogP contribution in [-0.4, -0.2) is 46.0 Å². The molecule has 1 aliphatic heterocycles. The fraction of sp³-hybridized carbons (Fsp3) is 0.278. The minimum atomic E-state index is -1.12. The molecule has 1 amide bonds. The predicted octanol–water partition coefficient (Wildman–Crippen LogP) is 2.64. The van der Waals surface area contributed by atoms with Crippen LogP contribution in [0.1, 0.15) is 33.7 Å². The maximum Gasteiger partial charge on any atom is 0.354 e. The van der Waals surface area contributed by atoms with E-state index in [0.717, 1.165) is 18.5 Å². The number of benzene rings is 1. The average molecular weight is 343 g/mol. The molecule has 1 fully saturated rings. The molecule has 6 nitrogen and oxygen atoms in total. The Labute approximate surface area is 144 Å². The molecular weight excluding hydrogens is 325 g/mol. The Morgan fingerprint density at radius 3 is 2.36 bits per heavy atom. The molecule has 130 valence electrons. The van der Waals surface area contributed by atoms with Gasteiger partial charge in [-0.1, -0.05) is 0 Å². The van der Waals surface area contributed by atoms with Gasteiger partial charge in [-0.05, 0) is 49.2 Å². The first kappa shape index (κ1) is 16.9. The molecule has 3 rings (SSSR count). The normalized spacial score (nSPS) is 15.0. The van der Waals surface area contributed by atoms with E-state index in [0.29, 0.717) is 18.7 Å². The van der Waals surface area contributed by atoms with E-state index in [1.807, 2.05) is 0 Å². The van der Waals surface area contributed by atoms with Gasteiger partial charge < -0.3 is 15.3 Å². The second-order valence-electron chi connectivity index (χ2n) is 5.95. The van der Waals surface area contributed by atoms with E-state index >= 15 is 0 Å². The number of likely N-dealkylation sites (tertiary alicyclic amines) is 1. The number of pyridine rings is 1. The van der Waals surface area contributed by atoms with Crippen molar-refractivity contribution < 1.29 is 19.1 Å². The van der Waals surface area contributed by atoms with Gasteiger partial charge in [-0.3, -0.25) is 4.79 Å². The monoisotopic (exact) mass is 343 g/mol. The van der Waals surface area contributed by atoms with Crippen LogP contribution in [0.2, 0.25) is 0 Å². The van der Waals surface area contributed by atoms with Gasteiger partial charge in [0.2, 0.25) is 0 Å². The highest BCUT2D eigenvalue weighted by Crippen LogP contribution is 2.18. The van der Waals surface area contributed by atoms with Crippen molar-refractivity contribution in [1.29, 1.82) is 0 Å². The van der Waals surface area contributed by atoms with Gasteiger partial charge in [0, 0.05) is 31.0 Å². The van der Waals surface area contributed by atoms with Crippen LogP contribution in [0.3, 0.4) is 0 Å². The summed E-state index contributed by atoms with van der Waals surface area (Å²) < 4.78 is 12.9. The van der Waals surface area contributed by atoms with Gasteiger partial charge in [-0.25, -0.2) is 14.2 Å². The van der Waals surface area contributed by atoms with E-state index in [9.17, 15) is 14.0 Å². The summed E-state index contributed by atoms with van der Waals surface area (Å²) in [5, 5.41) is 12.2. The Morgan fingerprint density at radius 2 is 1.80 bits per heavy atom. The molecule has 2 aromatic rings. The molecule has 0 aliphatic carbocycles. The van der Waals surface area contributed by atoms with E-state index in [2.05, 4.69) is 10.3 Å². The zero-order valence-corrected chi connectivity index (χ0v) is 13.5. The average Bonchev–Trinajstić information content (AvgIpc) is 2.64. The minimum absolute atomic E-state index is 0.0845. The number of hydrogen-bond donors (Lipinski definition) is 2. The van der Waals surface area contributed by atoms with Crippen molar-refractivity contribution in [1.82, 2.24) is 9.88 Å². The molecule has 0 bridgehead atoms. The Morgan fingerprint density at radius 1 is 1.12 bits per heavy atom. The van der Waals surface area contributed by atoms with Gasteiger partial charge in [0.1, 0.15) is 11.5 Å². The summed E-state index contributed by atoms with van der Waals surface area (Å²) in [7, 11) is 0. The van der Waals surface area contributed by atoms with Crippen LogP contribution in [-0.2, 0) is 0 Å². The standard InChI is InChI=1S/C18H18FN3O3/c19-13-2-4-14(5-3-13)21-15-7-9-22(10-8-15)17(23)12-1-6-16(18(24)25)20-11-12/h1-6,11,15,21H,7-10H2,(H,24,25). The predicted molar refractivity (Wildman–Crippen MR) is 90.1 cm³/mol. The number of amides is 1. The van der Waals surface area contributed by atoms with Crippen LogP contribution in [0, 0.1) is 5.82 Å².